The maximum Gasteiger partial charge on any atom is 0.115 e. The highest BCUT2D eigenvalue weighted by Crippen LogP contribution is 2.35. The van der Waals surface area contributed by atoms with Crippen molar-refractivity contribution in [3.8, 4) is 5.75 Å². The van der Waals surface area contributed by atoms with E-state index in [1.807, 2.05) is 13.8 Å². The number of hydrogen-bond donors (Lipinski definition) is 2. The lowest BCUT2D eigenvalue weighted by Crippen LogP contribution is -2.45. The van der Waals surface area contributed by atoms with Crippen LogP contribution in [0.3, 0.4) is 0 Å². The van der Waals surface area contributed by atoms with Gasteiger partial charge in [-0.3, -0.25) is 0 Å². The number of phenolic OH excluding ortho intramolecular Hbond substituents is 1. The summed E-state index contributed by atoms with van der Waals surface area (Å²) in [5.74, 6) is -0.0701. The molecule has 0 saturated carbocycles. The van der Waals surface area contributed by atoms with E-state index >= 15 is 0 Å². The van der Waals surface area contributed by atoms with Crippen LogP contribution in [0, 0.1) is 11.1 Å². The summed E-state index contributed by atoms with van der Waals surface area (Å²) >= 11 is 0. The lowest BCUT2D eigenvalue weighted by atomic mass is 9.80. The van der Waals surface area contributed by atoms with Gasteiger partial charge in [-0.15, -0.1) is 0 Å². The summed E-state index contributed by atoms with van der Waals surface area (Å²) in [7, 11) is 3.13. The van der Waals surface area contributed by atoms with Crippen LogP contribution >= 0.6 is 0 Å². The topological polar surface area (TPSA) is 63.5 Å². The predicted molar refractivity (Wildman–Crippen MR) is 71.8 cm³/mol. The highest BCUT2D eigenvalue weighted by atomic mass is 16.5. The minimum atomic E-state index is -1.08. The van der Waals surface area contributed by atoms with E-state index in [2.05, 4.69) is 0 Å². The van der Waals surface area contributed by atoms with Gasteiger partial charge in [-0.25, -0.2) is 0 Å². The van der Waals surface area contributed by atoms with E-state index in [1.54, 1.807) is 38.4 Å². The Kier molecular flexibility index (Phi) is 4.37. The number of hydroxylamine groups is 3. The number of benzene rings is 1. The lowest BCUT2D eigenvalue weighted by molar-refractivity contribution is -0.844. The molecular formula is C14H23NO3. The normalized spacial score (nSPS) is 17.2. The Morgan fingerprint density at radius 1 is 1.39 bits per heavy atom. The van der Waals surface area contributed by atoms with Gasteiger partial charge in [-0.2, -0.15) is 0 Å². The summed E-state index contributed by atoms with van der Waals surface area (Å²) in [6, 6.07) is 6.61. The molecule has 0 bridgehead atoms. The van der Waals surface area contributed by atoms with Crippen molar-refractivity contribution >= 4 is 0 Å². The van der Waals surface area contributed by atoms with Crippen LogP contribution in [0.2, 0.25) is 0 Å². The fourth-order valence-electron chi connectivity index (χ4n) is 2.42. The van der Waals surface area contributed by atoms with Crippen molar-refractivity contribution in [2.45, 2.75) is 25.9 Å². The van der Waals surface area contributed by atoms with Crippen molar-refractivity contribution in [1.82, 2.24) is 0 Å². The highest BCUT2D eigenvalue weighted by molar-refractivity contribution is 5.31. The Morgan fingerprint density at radius 3 is 2.44 bits per heavy atom. The van der Waals surface area contributed by atoms with E-state index in [4.69, 9.17) is 0 Å². The van der Waals surface area contributed by atoms with Crippen LogP contribution in [-0.2, 0) is 5.60 Å². The molecule has 0 aliphatic heterocycles. The second-order valence-electron chi connectivity index (χ2n) is 5.49. The molecule has 102 valence electrons. The smallest absolute Gasteiger partial charge is 0.115 e. The minimum Gasteiger partial charge on any atom is -0.633 e. The summed E-state index contributed by atoms with van der Waals surface area (Å²) in [6.45, 7) is 4.07. The molecule has 0 saturated heterocycles. The second kappa shape index (κ2) is 5.26. The SMILES string of the molecule is CCC(O)(c1cccc(O)c1)C(C)C[N+](C)(C)[O-]. The first-order valence-corrected chi connectivity index (χ1v) is 6.25. The van der Waals surface area contributed by atoms with E-state index in [9.17, 15) is 15.4 Å². The molecule has 0 aromatic heterocycles. The Morgan fingerprint density at radius 2 is 2.00 bits per heavy atom. The largest absolute Gasteiger partial charge is 0.633 e. The van der Waals surface area contributed by atoms with Gasteiger partial charge in [0.1, 0.15) is 5.75 Å². The third-order valence-electron chi connectivity index (χ3n) is 3.41. The zero-order valence-corrected chi connectivity index (χ0v) is 11.6. The van der Waals surface area contributed by atoms with E-state index in [0.29, 0.717) is 18.5 Å². The molecule has 2 N–H and O–H groups in total. The average molecular weight is 253 g/mol. The van der Waals surface area contributed by atoms with Crippen LogP contribution in [0.4, 0.5) is 0 Å². The number of quaternary nitrogens is 1. The molecule has 0 fully saturated rings. The van der Waals surface area contributed by atoms with Gasteiger partial charge in [0.2, 0.25) is 0 Å². The van der Waals surface area contributed by atoms with Crippen LogP contribution in [0.5, 0.6) is 5.75 Å². The standard InChI is InChI=1S/C14H23NO3/c1-5-14(17,11(2)10-15(3,4)18)12-7-6-8-13(16)9-12/h6-9,11,16-17H,5,10H2,1-4H3. The molecule has 0 radical (unpaired) electrons. The zero-order chi connectivity index (χ0) is 14.0. The first kappa shape index (κ1) is 15.0. The minimum absolute atomic E-state index is 0.127. The highest BCUT2D eigenvalue weighted by Gasteiger charge is 2.36. The molecule has 4 heteroatoms. The van der Waals surface area contributed by atoms with Gasteiger partial charge in [0.15, 0.2) is 0 Å². The molecule has 4 nitrogen and oxygen atoms in total. The van der Waals surface area contributed by atoms with Crippen LogP contribution in [0.1, 0.15) is 25.8 Å². The van der Waals surface area contributed by atoms with Gasteiger partial charge in [0.25, 0.3) is 0 Å². The summed E-state index contributed by atoms with van der Waals surface area (Å²) in [5, 5.41) is 32.0. The first-order valence-electron chi connectivity index (χ1n) is 6.25. The molecule has 0 spiro atoms. The maximum absolute atomic E-state index is 11.8. The Labute approximate surface area is 109 Å². The lowest BCUT2D eigenvalue weighted by Gasteiger charge is -2.42. The molecular weight excluding hydrogens is 230 g/mol. The molecule has 0 amide bonds. The van der Waals surface area contributed by atoms with Gasteiger partial charge in [-0.1, -0.05) is 26.0 Å². The summed E-state index contributed by atoms with van der Waals surface area (Å²) in [5.41, 5.74) is -0.426. The summed E-state index contributed by atoms with van der Waals surface area (Å²) < 4.78 is -0.442. The van der Waals surface area contributed by atoms with Crippen LogP contribution in [0.25, 0.3) is 0 Å². The first-order chi connectivity index (χ1) is 8.19. The monoisotopic (exact) mass is 253 g/mol. The van der Waals surface area contributed by atoms with E-state index in [0.717, 1.165) is 0 Å². The molecule has 1 rings (SSSR count). The van der Waals surface area contributed by atoms with Gasteiger partial charge in [0.05, 0.1) is 26.2 Å². The molecule has 18 heavy (non-hydrogen) atoms. The van der Waals surface area contributed by atoms with E-state index < -0.39 is 10.2 Å². The molecule has 0 aliphatic carbocycles. The average Bonchev–Trinajstić information content (AvgIpc) is 2.25. The fraction of sp³-hybridized carbons (Fsp3) is 0.571. The van der Waals surface area contributed by atoms with Crippen molar-refractivity contribution in [3.63, 3.8) is 0 Å². The predicted octanol–water partition coefficient (Wildman–Crippen LogP) is 2.20. The second-order valence-corrected chi connectivity index (χ2v) is 5.49. The summed E-state index contributed by atoms with van der Waals surface area (Å²) in [4.78, 5) is 0. The van der Waals surface area contributed by atoms with Crippen molar-refractivity contribution in [2.24, 2.45) is 5.92 Å². The van der Waals surface area contributed by atoms with E-state index in [1.165, 1.54) is 0 Å². The van der Waals surface area contributed by atoms with Crippen LogP contribution < -0.4 is 0 Å². The van der Waals surface area contributed by atoms with Crippen LogP contribution in [-0.4, -0.2) is 35.5 Å². The quantitative estimate of drug-likeness (QED) is 0.624. The third kappa shape index (κ3) is 3.45. The Hall–Kier alpha value is -1.10. The molecule has 1 aromatic carbocycles. The Balaban J connectivity index is 3.05. The number of nitrogens with zero attached hydrogens (tertiary/aromatic N) is 1. The van der Waals surface area contributed by atoms with Crippen molar-refractivity contribution in [1.29, 1.82) is 0 Å². The number of aliphatic hydroxyl groups is 1. The molecule has 2 unspecified atom stereocenters. The summed E-state index contributed by atoms with van der Waals surface area (Å²) in [6.07, 6.45) is 0.498. The molecule has 0 heterocycles. The van der Waals surface area contributed by atoms with Crippen molar-refractivity contribution in [2.75, 3.05) is 20.6 Å². The maximum atomic E-state index is 11.8. The third-order valence-corrected chi connectivity index (χ3v) is 3.41. The Bertz CT molecular complexity index is 400. The fourth-order valence-corrected chi connectivity index (χ4v) is 2.42. The molecule has 2 atom stereocenters. The zero-order valence-electron chi connectivity index (χ0n) is 11.6. The number of aromatic hydroxyl groups is 1. The number of hydrogen-bond acceptors (Lipinski definition) is 3. The van der Waals surface area contributed by atoms with Gasteiger partial charge in [0, 0.05) is 5.92 Å². The van der Waals surface area contributed by atoms with Gasteiger partial charge < -0.3 is 20.1 Å². The van der Waals surface area contributed by atoms with Crippen molar-refractivity contribution in [3.05, 3.63) is 35.0 Å². The van der Waals surface area contributed by atoms with Gasteiger partial charge in [-0.05, 0) is 24.1 Å². The molecule has 0 aliphatic rings. The van der Waals surface area contributed by atoms with Gasteiger partial charge >= 0.3 is 0 Å². The number of phenols is 1. The van der Waals surface area contributed by atoms with E-state index in [-0.39, 0.29) is 11.7 Å². The number of rotatable bonds is 5. The molecule has 1 aromatic rings. The van der Waals surface area contributed by atoms with Crippen LogP contribution in [0.15, 0.2) is 24.3 Å². The van der Waals surface area contributed by atoms with Crippen molar-refractivity contribution < 1.29 is 14.9 Å².